The predicted octanol–water partition coefficient (Wildman–Crippen LogP) is 1.31. The zero-order valence-electron chi connectivity index (χ0n) is 15.0. The predicted molar refractivity (Wildman–Crippen MR) is 101 cm³/mol. The molecular formula is C18H20ClFN4O3. The van der Waals surface area contributed by atoms with Gasteiger partial charge in [0.25, 0.3) is 5.56 Å². The third-order valence-electron chi connectivity index (χ3n) is 4.82. The lowest BCUT2D eigenvalue weighted by atomic mass is 10.1. The second-order valence-corrected chi connectivity index (χ2v) is 7.13. The first-order valence-corrected chi connectivity index (χ1v) is 8.85. The van der Waals surface area contributed by atoms with Gasteiger partial charge < -0.3 is 5.73 Å². The second-order valence-electron chi connectivity index (χ2n) is 6.73. The third kappa shape index (κ3) is 3.68. The van der Waals surface area contributed by atoms with Crippen molar-refractivity contribution in [2.24, 2.45) is 14.1 Å². The Labute approximate surface area is 159 Å². The molecule has 7 nitrogen and oxygen atoms in total. The molecule has 3 rings (SSSR count). The Morgan fingerprint density at radius 2 is 1.96 bits per heavy atom. The number of hydrogen-bond donors (Lipinski definition) is 1. The van der Waals surface area contributed by atoms with Crippen LogP contribution >= 0.6 is 11.6 Å². The van der Waals surface area contributed by atoms with Crippen LogP contribution in [0.5, 0.6) is 0 Å². The summed E-state index contributed by atoms with van der Waals surface area (Å²) in [6, 6.07) is 4.53. The van der Waals surface area contributed by atoms with E-state index in [1.54, 1.807) is 11.0 Å². The largest absolute Gasteiger partial charge is 0.384 e. The lowest BCUT2D eigenvalue weighted by Crippen LogP contribution is -2.43. The van der Waals surface area contributed by atoms with Crippen molar-refractivity contribution in [1.82, 2.24) is 14.0 Å². The van der Waals surface area contributed by atoms with Crippen molar-refractivity contribution in [2.75, 3.05) is 12.3 Å². The summed E-state index contributed by atoms with van der Waals surface area (Å²) in [6.45, 7) is 0.0286. The maximum absolute atomic E-state index is 14.1. The standard InChI is InChI=1S/C18H20ClFN4O3/c1-22-16(21)15(17(26)23(2)18(22)27)14(25)9-24(10-6-7-10)8-11-12(19)4-3-5-13(11)20/h3-5,10H,6-9,21H2,1-2H3. The summed E-state index contributed by atoms with van der Waals surface area (Å²) in [5.74, 6) is -1.13. The Hall–Kier alpha value is -2.45. The molecule has 1 aliphatic carbocycles. The first-order valence-electron chi connectivity index (χ1n) is 8.48. The van der Waals surface area contributed by atoms with Gasteiger partial charge in [0.2, 0.25) is 0 Å². The minimum atomic E-state index is -0.736. The first-order chi connectivity index (χ1) is 12.7. The molecule has 1 fully saturated rings. The highest BCUT2D eigenvalue weighted by Gasteiger charge is 2.33. The van der Waals surface area contributed by atoms with Crippen molar-refractivity contribution in [3.8, 4) is 0 Å². The quantitative estimate of drug-likeness (QED) is 0.746. The Morgan fingerprint density at radius 1 is 1.30 bits per heavy atom. The Kier molecular flexibility index (Phi) is 5.21. The highest BCUT2D eigenvalue weighted by atomic mass is 35.5. The zero-order valence-corrected chi connectivity index (χ0v) is 15.8. The maximum atomic E-state index is 14.1. The second kappa shape index (κ2) is 7.28. The normalized spacial score (nSPS) is 14.0. The first kappa shape index (κ1) is 19.3. The molecule has 2 N–H and O–H groups in total. The number of rotatable bonds is 6. The summed E-state index contributed by atoms with van der Waals surface area (Å²) in [7, 11) is 2.68. The minimum Gasteiger partial charge on any atom is -0.384 e. The molecule has 0 spiro atoms. The molecule has 2 aromatic rings. The molecule has 1 saturated carbocycles. The molecule has 0 unspecified atom stereocenters. The molecule has 1 aromatic carbocycles. The van der Waals surface area contributed by atoms with Crippen LogP contribution in [0.15, 0.2) is 27.8 Å². The number of aromatic nitrogens is 2. The van der Waals surface area contributed by atoms with Gasteiger partial charge >= 0.3 is 5.69 Å². The number of carbonyl (C=O) groups excluding carboxylic acids is 1. The average molecular weight is 395 g/mol. The van der Waals surface area contributed by atoms with Crippen molar-refractivity contribution in [1.29, 1.82) is 0 Å². The van der Waals surface area contributed by atoms with Crippen LogP contribution in [-0.2, 0) is 20.6 Å². The van der Waals surface area contributed by atoms with E-state index >= 15 is 0 Å². The number of benzene rings is 1. The highest BCUT2D eigenvalue weighted by molar-refractivity contribution is 6.31. The van der Waals surface area contributed by atoms with Crippen molar-refractivity contribution < 1.29 is 9.18 Å². The maximum Gasteiger partial charge on any atom is 0.332 e. The van der Waals surface area contributed by atoms with Gasteiger partial charge in [-0.05, 0) is 25.0 Å². The van der Waals surface area contributed by atoms with Gasteiger partial charge in [-0.25, -0.2) is 9.18 Å². The number of hydrogen-bond acceptors (Lipinski definition) is 5. The lowest BCUT2D eigenvalue weighted by molar-refractivity contribution is 0.0916. The number of nitrogens with two attached hydrogens (primary N) is 1. The van der Waals surface area contributed by atoms with Crippen molar-refractivity contribution >= 4 is 23.2 Å². The molecule has 27 heavy (non-hydrogen) atoms. The summed E-state index contributed by atoms with van der Waals surface area (Å²) in [5.41, 5.74) is 4.58. The number of Topliss-reactive ketones (excluding diaryl/α,β-unsaturated/α-hetero) is 1. The minimum absolute atomic E-state index is 0.113. The van der Waals surface area contributed by atoms with Gasteiger partial charge in [0.05, 0.1) is 6.54 Å². The van der Waals surface area contributed by atoms with E-state index in [0.717, 1.165) is 22.0 Å². The molecule has 0 amide bonds. The number of halogens is 2. The van der Waals surface area contributed by atoms with E-state index in [1.165, 1.54) is 26.2 Å². The van der Waals surface area contributed by atoms with Crippen LogP contribution in [0.4, 0.5) is 10.2 Å². The van der Waals surface area contributed by atoms with Crippen LogP contribution in [0.25, 0.3) is 0 Å². The Morgan fingerprint density at radius 3 is 2.56 bits per heavy atom. The van der Waals surface area contributed by atoms with E-state index in [2.05, 4.69) is 0 Å². The fourth-order valence-electron chi connectivity index (χ4n) is 3.03. The molecule has 9 heteroatoms. The van der Waals surface area contributed by atoms with Gasteiger partial charge in [0.15, 0.2) is 5.78 Å². The molecule has 0 aliphatic heterocycles. The van der Waals surface area contributed by atoms with E-state index in [9.17, 15) is 18.8 Å². The summed E-state index contributed by atoms with van der Waals surface area (Å²) in [5, 5.41) is 0.283. The lowest BCUT2D eigenvalue weighted by Gasteiger charge is -2.22. The zero-order chi connectivity index (χ0) is 19.9. The van der Waals surface area contributed by atoms with Crippen LogP contribution in [0.3, 0.4) is 0 Å². The van der Waals surface area contributed by atoms with E-state index in [4.69, 9.17) is 17.3 Å². The summed E-state index contributed by atoms with van der Waals surface area (Å²) in [6.07, 6.45) is 1.75. The van der Waals surface area contributed by atoms with Gasteiger partial charge in [-0.1, -0.05) is 17.7 Å². The SMILES string of the molecule is Cn1c(N)c(C(=O)CN(Cc2c(F)cccc2Cl)C2CC2)c(=O)n(C)c1=O. The molecule has 1 aromatic heterocycles. The number of nitrogen functional groups attached to an aromatic ring is 1. The van der Waals surface area contributed by atoms with Gasteiger partial charge in [-0.3, -0.25) is 23.6 Å². The van der Waals surface area contributed by atoms with Gasteiger partial charge in [-0.2, -0.15) is 0 Å². The molecule has 0 radical (unpaired) electrons. The molecular weight excluding hydrogens is 375 g/mol. The van der Waals surface area contributed by atoms with Crippen LogP contribution in [-0.4, -0.2) is 32.4 Å². The fourth-order valence-corrected chi connectivity index (χ4v) is 3.25. The third-order valence-corrected chi connectivity index (χ3v) is 5.18. The van der Waals surface area contributed by atoms with Crippen LogP contribution < -0.4 is 17.0 Å². The van der Waals surface area contributed by atoms with Gasteiger partial charge in [0, 0.05) is 37.3 Å². The summed E-state index contributed by atoms with van der Waals surface area (Å²) in [4.78, 5) is 38.9. The monoisotopic (exact) mass is 394 g/mol. The van der Waals surface area contributed by atoms with Gasteiger partial charge in [0.1, 0.15) is 17.2 Å². The van der Waals surface area contributed by atoms with E-state index in [0.29, 0.717) is 5.56 Å². The van der Waals surface area contributed by atoms with Crippen LogP contribution in [0, 0.1) is 5.82 Å². The molecule has 0 saturated heterocycles. The number of carbonyl (C=O) groups is 1. The van der Waals surface area contributed by atoms with Gasteiger partial charge in [-0.15, -0.1) is 0 Å². The molecule has 0 bridgehead atoms. The number of ketones is 1. The fraction of sp³-hybridized carbons (Fsp3) is 0.389. The highest BCUT2D eigenvalue weighted by Crippen LogP contribution is 2.30. The number of anilines is 1. The Bertz CT molecular complexity index is 1010. The van der Waals surface area contributed by atoms with Crippen LogP contribution in [0.2, 0.25) is 5.02 Å². The molecule has 0 atom stereocenters. The summed E-state index contributed by atoms with van der Waals surface area (Å²) < 4.78 is 16.0. The molecule has 144 valence electrons. The molecule has 1 aliphatic rings. The molecule has 1 heterocycles. The van der Waals surface area contributed by atoms with Crippen molar-refractivity contribution in [3.05, 3.63) is 61.0 Å². The smallest absolute Gasteiger partial charge is 0.332 e. The summed E-state index contributed by atoms with van der Waals surface area (Å²) >= 11 is 6.10. The number of nitrogens with zero attached hydrogens (tertiary/aromatic N) is 3. The Balaban J connectivity index is 1.92. The van der Waals surface area contributed by atoms with Crippen LogP contribution in [0.1, 0.15) is 28.8 Å². The van der Waals surface area contributed by atoms with E-state index < -0.39 is 22.8 Å². The van der Waals surface area contributed by atoms with E-state index in [1.807, 2.05) is 0 Å². The van der Waals surface area contributed by atoms with Crippen molar-refractivity contribution in [2.45, 2.75) is 25.4 Å². The topological polar surface area (TPSA) is 90.3 Å². The van der Waals surface area contributed by atoms with E-state index in [-0.39, 0.29) is 35.5 Å². The van der Waals surface area contributed by atoms with Crippen molar-refractivity contribution in [3.63, 3.8) is 0 Å². The average Bonchev–Trinajstić information content (AvgIpc) is 3.46.